The van der Waals surface area contributed by atoms with E-state index in [1.807, 2.05) is 0 Å². The van der Waals surface area contributed by atoms with Gasteiger partial charge in [-0.05, 0) is 23.8 Å². The van der Waals surface area contributed by atoms with Crippen molar-refractivity contribution in [3.63, 3.8) is 0 Å². The summed E-state index contributed by atoms with van der Waals surface area (Å²) in [5.41, 5.74) is 0.836. The summed E-state index contributed by atoms with van der Waals surface area (Å²) < 4.78 is 4.95. The standard InChI is InChI=1S/C10H10O3.2BrH/c1-13-9-5-2-8(3-6-9)4-7-10(11)12;;/h2-7H,1H3,(H,11,12);2*1H/p-2. The molecule has 0 aliphatic carbocycles. The van der Waals surface area contributed by atoms with E-state index in [0.29, 0.717) is 0 Å². The molecular formula is C10H10Br2O3-2. The number of methoxy groups -OCH3 is 1. The number of carboxylic acid groups (broad SMARTS) is 1. The van der Waals surface area contributed by atoms with Crippen molar-refractivity contribution in [3.8, 4) is 5.75 Å². The van der Waals surface area contributed by atoms with Crippen LogP contribution in [0.4, 0.5) is 0 Å². The molecule has 15 heavy (non-hydrogen) atoms. The van der Waals surface area contributed by atoms with Gasteiger partial charge in [0.25, 0.3) is 0 Å². The zero-order valence-corrected chi connectivity index (χ0v) is 11.2. The third kappa shape index (κ3) is 6.30. The minimum atomic E-state index is -0.948. The first-order valence-electron chi connectivity index (χ1n) is 3.77. The van der Waals surface area contributed by atoms with Crippen molar-refractivity contribution in [2.45, 2.75) is 0 Å². The molecule has 3 nitrogen and oxygen atoms in total. The highest BCUT2D eigenvalue weighted by Crippen LogP contribution is 2.11. The number of carboxylic acids is 1. The molecule has 1 aromatic carbocycles. The van der Waals surface area contributed by atoms with Crippen LogP contribution in [0.2, 0.25) is 0 Å². The Morgan fingerprint density at radius 1 is 1.27 bits per heavy atom. The second-order valence-corrected chi connectivity index (χ2v) is 2.44. The molecule has 84 valence electrons. The maximum atomic E-state index is 10.2. The maximum absolute atomic E-state index is 10.2. The molecule has 0 saturated heterocycles. The molecule has 0 saturated carbocycles. The highest BCUT2D eigenvalue weighted by Gasteiger charge is 1.91. The molecule has 0 radical (unpaired) electrons. The van der Waals surface area contributed by atoms with Crippen LogP contribution in [0.25, 0.3) is 6.08 Å². The lowest BCUT2D eigenvalue weighted by molar-refractivity contribution is -0.131. The van der Waals surface area contributed by atoms with Crippen molar-refractivity contribution < 1.29 is 48.6 Å². The van der Waals surface area contributed by atoms with Crippen molar-refractivity contribution in [2.24, 2.45) is 0 Å². The quantitative estimate of drug-likeness (QED) is 0.569. The van der Waals surface area contributed by atoms with E-state index < -0.39 is 5.97 Å². The Balaban J connectivity index is 0. The van der Waals surface area contributed by atoms with Crippen molar-refractivity contribution in [2.75, 3.05) is 7.11 Å². The van der Waals surface area contributed by atoms with E-state index in [4.69, 9.17) is 9.84 Å². The van der Waals surface area contributed by atoms with Gasteiger partial charge in [-0.2, -0.15) is 0 Å². The number of ether oxygens (including phenoxy) is 1. The predicted molar refractivity (Wildman–Crippen MR) is 49.7 cm³/mol. The number of aliphatic carboxylic acids is 1. The third-order valence-corrected chi connectivity index (χ3v) is 1.53. The van der Waals surface area contributed by atoms with Crippen molar-refractivity contribution >= 4 is 12.0 Å². The van der Waals surface area contributed by atoms with Crippen molar-refractivity contribution in [1.29, 1.82) is 0 Å². The van der Waals surface area contributed by atoms with E-state index in [2.05, 4.69) is 0 Å². The topological polar surface area (TPSA) is 46.5 Å². The van der Waals surface area contributed by atoms with Gasteiger partial charge < -0.3 is 43.8 Å². The van der Waals surface area contributed by atoms with Crippen LogP contribution in [0.1, 0.15) is 5.56 Å². The largest absolute Gasteiger partial charge is 1.00 e. The van der Waals surface area contributed by atoms with Gasteiger partial charge >= 0.3 is 5.97 Å². The molecule has 0 aliphatic heterocycles. The first kappa shape index (κ1) is 16.6. The van der Waals surface area contributed by atoms with Gasteiger partial charge in [-0.1, -0.05) is 12.1 Å². The fraction of sp³-hybridized carbons (Fsp3) is 0.100. The summed E-state index contributed by atoms with van der Waals surface area (Å²) in [6, 6.07) is 7.14. The zero-order chi connectivity index (χ0) is 9.68. The van der Waals surface area contributed by atoms with Crippen molar-refractivity contribution in [1.82, 2.24) is 0 Å². The summed E-state index contributed by atoms with van der Waals surface area (Å²) in [6.45, 7) is 0. The molecule has 1 aromatic rings. The Hall–Kier alpha value is -0.810. The molecule has 0 heterocycles. The molecule has 0 spiro atoms. The lowest BCUT2D eigenvalue weighted by Gasteiger charge is -1.98. The molecule has 0 amide bonds. The van der Waals surface area contributed by atoms with E-state index in [0.717, 1.165) is 17.4 Å². The van der Waals surface area contributed by atoms with E-state index in [1.54, 1.807) is 31.4 Å². The summed E-state index contributed by atoms with van der Waals surface area (Å²) in [6.07, 6.45) is 2.63. The number of rotatable bonds is 3. The predicted octanol–water partition coefficient (Wildman–Crippen LogP) is -4.20. The van der Waals surface area contributed by atoms with Crippen LogP contribution in [0.3, 0.4) is 0 Å². The van der Waals surface area contributed by atoms with Crippen LogP contribution in [0.15, 0.2) is 30.3 Å². The average Bonchev–Trinajstić information content (AvgIpc) is 2.15. The number of benzene rings is 1. The summed E-state index contributed by atoms with van der Waals surface area (Å²) in [4.78, 5) is 10.2. The molecule has 0 unspecified atom stereocenters. The first-order valence-corrected chi connectivity index (χ1v) is 3.77. The summed E-state index contributed by atoms with van der Waals surface area (Å²) in [5, 5.41) is 8.36. The normalized spacial score (nSPS) is 8.87. The molecule has 0 aromatic heterocycles. The molecule has 1 N–H and O–H groups in total. The number of halogens is 2. The smallest absolute Gasteiger partial charge is 0.328 e. The average molecular weight is 338 g/mol. The van der Waals surface area contributed by atoms with Crippen LogP contribution in [-0.2, 0) is 4.79 Å². The molecule has 5 heteroatoms. The Morgan fingerprint density at radius 3 is 2.20 bits per heavy atom. The van der Waals surface area contributed by atoms with Gasteiger partial charge in [0, 0.05) is 6.08 Å². The van der Waals surface area contributed by atoms with E-state index in [-0.39, 0.29) is 34.0 Å². The molecule has 0 atom stereocenters. The minimum Gasteiger partial charge on any atom is -1.00 e. The second kappa shape index (κ2) is 8.49. The summed E-state index contributed by atoms with van der Waals surface area (Å²) >= 11 is 0. The molecule has 1 rings (SSSR count). The fourth-order valence-corrected chi connectivity index (χ4v) is 0.883. The van der Waals surface area contributed by atoms with Crippen LogP contribution < -0.4 is 38.7 Å². The van der Waals surface area contributed by atoms with Crippen LogP contribution >= 0.6 is 0 Å². The minimum absolute atomic E-state index is 0. The molecule has 0 aliphatic rings. The number of hydrogen-bond acceptors (Lipinski definition) is 2. The zero-order valence-electron chi connectivity index (χ0n) is 7.98. The van der Waals surface area contributed by atoms with Gasteiger partial charge in [0.1, 0.15) is 5.75 Å². The van der Waals surface area contributed by atoms with E-state index >= 15 is 0 Å². The Morgan fingerprint density at radius 2 is 1.80 bits per heavy atom. The van der Waals surface area contributed by atoms with Crippen LogP contribution in [0, 0.1) is 0 Å². The van der Waals surface area contributed by atoms with Crippen molar-refractivity contribution in [3.05, 3.63) is 35.9 Å². The number of hydrogen-bond donors (Lipinski definition) is 1. The van der Waals surface area contributed by atoms with E-state index in [9.17, 15) is 4.79 Å². The summed E-state index contributed by atoms with van der Waals surface area (Å²) in [5.74, 6) is -0.191. The molecular weight excluding hydrogens is 328 g/mol. The Labute approximate surface area is 109 Å². The van der Waals surface area contributed by atoms with Gasteiger partial charge in [0.2, 0.25) is 0 Å². The SMILES string of the molecule is COc1ccc(C=CC(=O)O)cc1.[Br-].[Br-]. The first-order chi connectivity index (χ1) is 6.22. The van der Waals surface area contributed by atoms with Gasteiger partial charge in [-0.3, -0.25) is 0 Å². The van der Waals surface area contributed by atoms with Crippen LogP contribution in [0.5, 0.6) is 5.75 Å². The van der Waals surface area contributed by atoms with Gasteiger partial charge in [0.15, 0.2) is 0 Å². The third-order valence-electron chi connectivity index (χ3n) is 1.53. The second-order valence-electron chi connectivity index (χ2n) is 2.44. The monoisotopic (exact) mass is 336 g/mol. The lowest BCUT2D eigenvalue weighted by Crippen LogP contribution is -3.00. The number of carbonyl (C=O) groups is 1. The van der Waals surface area contributed by atoms with Crippen LogP contribution in [-0.4, -0.2) is 18.2 Å². The highest BCUT2D eigenvalue weighted by atomic mass is 79.9. The van der Waals surface area contributed by atoms with E-state index in [1.165, 1.54) is 6.08 Å². The van der Waals surface area contributed by atoms with Gasteiger partial charge in [-0.25, -0.2) is 4.79 Å². The summed E-state index contributed by atoms with van der Waals surface area (Å²) in [7, 11) is 1.59. The Kier molecular flexibility index (Phi) is 9.41. The maximum Gasteiger partial charge on any atom is 0.328 e. The Bertz CT molecular complexity index is 320. The molecule has 0 bridgehead atoms. The highest BCUT2D eigenvalue weighted by molar-refractivity contribution is 5.85. The lowest BCUT2D eigenvalue weighted by atomic mass is 10.2. The molecule has 0 fully saturated rings. The van der Waals surface area contributed by atoms with Gasteiger partial charge in [0.05, 0.1) is 7.11 Å². The van der Waals surface area contributed by atoms with Gasteiger partial charge in [-0.15, -0.1) is 0 Å². The fourth-order valence-electron chi connectivity index (χ4n) is 0.883.